The number of nitrogens with zero attached hydrogens (tertiary/aromatic N) is 3. The lowest BCUT2D eigenvalue weighted by atomic mass is 10.2. The second-order valence-corrected chi connectivity index (χ2v) is 5.06. The fourth-order valence-corrected chi connectivity index (χ4v) is 2.05. The number of hydrogen-bond donors (Lipinski definition) is 1. The zero-order valence-electron chi connectivity index (χ0n) is 11.9. The molecule has 1 aromatic heterocycles. The van der Waals surface area contributed by atoms with Crippen molar-refractivity contribution in [3.05, 3.63) is 64.9 Å². The molecule has 23 heavy (non-hydrogen) atoms. The lowest BCUT2D eigenvalue weighted by Gasteiger charge is -2.03. The minimum atomic E-state index is 0.164. The van der Waals surface area contributed by atoms with Crippen LogP contribution in [0.4, 0.5) is 0 Å². The molecule has 0 aliphatic heterocycles. The van der Waals surface area contributed by atoms with Crippen molar-refractivity contribution >= 4 is 17.8 Å². The van der Waals surface area contributed by atoms with Crippen LogP contribution in [-0.2, 0) is 6.61 Å². The maximum atomic E-state index is 8.53. The van der Waals surface area contributed by atoms with E-state index in [4.69, 9.17) is 26.1 Å². The number of hydrogen-bond acceptors (Lipinski definition) is 6. The van der Waals surface area contributed by atoms with Gasteiger partial charge in [0.05, 0.1) is 6.21 Å². The van der Waals surface area contributed by atoms with Crippen LogP contribution in [0.25, 0.3) is 11.5 Å². The molecule has 0 spiro atoms. The van der Waals surface area contributed by atoms with Crippen LogP contribution in [0.2, 0.25) is 5.02 Å². The van der Waals surface area contributed by atoms with Crippen LogP contribution in [0, 0.1) is 0 Å². The summed E-state index contributed by atoms with van der Waals surface area (Å²) in [5, 5.41) is 16.0. The Morgan fingerprint density at radius 2 is 2.04 bits per heavy atom. The first kappa shape index (κ1) is 15.1. The van der Waals surface area contributed by atoms with E-state index in [2.05, 4.69) is 15.3 Å². The van der Waals surface area contributed by atoms with Crippen LogP contribution in [0.1, 0.15) is 11.4 Å². The lowest BCUT2D eigenvalue weighted by Crippen LogP contribution is -1.98. The summed E-state index contributed by atoms with van der Waals surface area (Å²) in [5.41, 5.74) is 1.51. The first-order valence-electron chi connectivity index (χ1n) is 6.73. The molecule has 0 amide bonds. The summed E-state index contributed by atoms with van der Waals surface area (Å²) in [6, 6.07) is 14.2. The zero-order valence-corrected chi connectivity index (χ0v) is 12.6. The molecule has 0 radical (unpaired) electrons. The molecule has 3 rings (SSSR count). The Labute approximate surface area is 137 Å². The van der Waals surface area contributed by atoms with Gasteiger partial charge in [0.2, 0.25) is 5.82 Å². The summed E-state index contributed by atoms with van der Waals surface area (Å²) < 4.78 is 10.8. The second kappa shape index (κ2) is 6.93. The highest BCUT2D eigenvalue weighted by molar-refractivity contribution is 6.30. The van der Waals surface area contributed by atoms with Crippen LogP contribution in [-0.4, -0.2) is 21.6 Å². The molecule has 1 heterocycles. The average molecular weight is 330 g/mol. The molecule has 0 unspecified atom stereocenters. The molecule has 0 aliphatic carbocycles. The molecule has 0 aliphatic rings. The molecule has 6 nitrogen and oxygen atoms in total. The van der Waals surface area contributed by atoms with E-state index in [0.29, 0.717) is 22.5 Å². The molecule has 0 fully saturated rings. The molecule has 7 heteroatoms. The van der Waals surface area contributed by atoms with Gasteiger partial charge in [0.1, 0.15) is 5.75 Å². The van der Waals surface area contributed by atoms with Gasteiger partial charge >= 0.3 is 0 Å². The minimum absolute atomic E-state index is 0.164. The van der Waals surface area contributed by atoms with Crippen LogP contribution in [0.3, 0.4) is 0 Å². The predicted molar refractivity (Wildman–Crippen MR) is 84.9 cm³/mol. The van der Waals surface area contributed by atoms with Crippen molar-refractivity contribution in [1.29, 1.82) is 0 Å². The van der Waals surface area contributed by atoms with Crippen molar-refractivity contribution < 1.29 is 14.5 Å². The minimum Gasteiger partial charge on any atom is -0.485 e. The van der Waals surface area contributed by atoms with E-state index < -0.39 is 0 Å². The molecular formula is C16H12ClN3O3. The third-order valence-electron chi connectivity index (χ3n) is 2.99. The Kier molecular flexibility index (Phi) is 4.54. The van der Waals surface area contributed by atoms with E-state index in [1.807, 2.05) is 0 Å². The summed E-state index contributed by atoms with van der Waals surface area (Å²) in [6.07, 6.45) is 1.32. The van der Waals surface area contributed by atoms with Gasteiger partial charge in [0.25, 0.3) is 5.89 Å². The SMILES string of the molecule is O/N=C/c1cccc(OCc2noc(-c3ccc(Cl)cc3)n2)c1. The summed E-state index contributed by atoms with van der Waals surface area (Å²) in [5.74, 6) is 1.44. The standard InChI is InChI=1S/C16H12ClN3O3/c17-13-6-4-12(5-7-13)16-19-15(20-23-16)10-22-14-3-1-2-11(8-14)9-18-21/h1-9,21H,10H2/b18-9+. The summed E-state index contributed by atoms with van der Waals surface area (Å²) in [7, 11) is 0. The first-order valence-corrected chi connectivity index (χ1v) is 7.11. The van der Waals surface area contributed by atoms with E-state index in [0.717, 1.165) is 11.1 Å². The average Bonchev–Trinajstić information content (AvgIpc) is 3.03. The van der Waals surface area contributed by atoms with Gasteiger partial charge < -0.3 is 14.5 Å². The van der Waals surface area contributed by atoms with Gasteiger partial charge in [0, 0.05) is 10.6 Å². The molecule has 2 aromatic carbocycles. The van der Waals surface area contributed by atoms with Gasteiger partial charge in [-0.3, -0.25) is 0 Å². The third kappa shape index (κ3) is 3.87. The molecule has 0 atom stereocenters. The van der Waals surface area contributed by atoms with Gasteiger partial charge in [-0.25, -0.2) is 0 Å². The zero-order chi connectivity index (χ0) is 16.1. The Hall–Kier alpha value is -2.86. The third-order valence-corrected chi connectivity index (χ3v) is 3.24. The summed E-state index contributed by atoms with van der Waals surface area (Å²) in [6.45, 7) is 0.164. The largest absolute Gasteiger partial charge is 0.485 e. The monoisotopic (exact) mass is 329 g/mol. The van der Waals surface area contributed by atoms with Gasteiger partial charge in [-0.1, -0.05) is 34.0 Å². The molecule has 0 bridgehead atoms. The van der Waals surface area contributed by atoms with E-state index in [1.54, 1.807) is 48.5 Å². The number of rotatable bonds is 5. The van der Waals surface area contributed by atoms with Gasteiger partial charge in [-0.2, -0.15) is 4.98 Å². The normalized spacial score (nSPS) is 11.0. The van der Waals surface area contributed by atoms with Crippen LogP contribution in [0.5, 0.6) is 5.75 Å². The van der Waals surface area contributed by atoms with E-state index >= 15 is 0 Å². The fraction of sp³-hybridized carbons (Fsp3) is 0.0625. The van der Waals surface area contributed by atoms with E-state index in [-0.39, 0.29) is 6.61 Å². The number of aromatic nitrogens is 2. The summed E-state index contributed by atoms with van der Waals surface area (Å²) >= 11 is 5.85. The molecule has 3 aromatic rings. The Morgan fingerprint density at radius 1 is 1.22 bits per heavy atom. The number of oxime groups is 1. The van der Waals surface area contributed by atoms with Crippen molar-refractivity contribution in [3.8, 4) is 17.2 Å². The highest BCUT2D eigenvalue weighted by Crippen LogP contribution is 2.20. The van der Waals surface area contributed by atoms with Crippen LogP contribution < -0.4 is 4.74 Å². The van der Waals surface area contributed by atoms with Crippen molar-refractivity contribution in [2.24, 2.45) is 5.16 Å². The predicted octanol–water partition coefficient (Wildman–Crippen LogP) is 3.78. The van der Waals surface area contributed by atoms with E-state index in [9.17, 15) is 0 Å². The second-order valence-electron chi connectivity index (χ2n) is 4.63. The Morgan fingerprint density at radius 3 is 2.83 bits per heavy atom. The van der Waals surface area contributed by atoms with Crippen LogP contribution >= 0.6 is 11.6 Å². The highest BCUT2D eigenvalue weighted by atomic mass is 35.5. The Bertz CT molecular complexity index is 815. The maximum absolute atomic E-state index is 8.53. The number of ether oxygens (including phenoxy) is 1. The highest BCUT2D eigenvalue weighted by Gasteiger charge is 2.09. The van der Waals surface area contributed by atoms with Gasteiger partial charge in [-0.05, 0) is 42.0 Å². The van der Waals surface area contributed by atoms with Crippen LogP contribution in [0.15, 0.2) is 58.2 Å². The molecular weight excluding hydrogens is 318 g/mol. The lowest BCUT2D eigenvalue weighted by molar-refractivity contribution is 0.287. The quantitative estimate of drug-likeness (QED) is 0.437. The van der Waals surface area contributed by atoms with Gasteiger partial charge in [-0.15, -0.1) is 0 Å². The molecule has 0 saturated carbocycles. The van der Waals surface area contributed by atoms with E-state index in [1.165, 1.54) is 6.21 Å². The molecule has 116 valence electrons. The maximum Gasteiger partial charge on any atom is 0.258 e. The van der Waals surface area contributed by atoms with Crippen molar-refractivity contribution in [2.45, 2.75) is 6.61 Å². The first-order chi connectivity index (χ1) is 11.2. The number of benzene rings is 2. The van der Waals surface area contributed by atoms with Crippen molar-refractivity contribution in [1.82, 2.24) is 10.1 Å². The topological polar surface area (TPSA) is 80.7 Å². The molecule has 1 N–H and O–H groups in total. The fourth-order valence-electron chi connectivity index (χ4n) is 1.92. The summed E-state index contributed by atoms with van der Waals surface area (Å²) in [4.78, 5) is 4.27. The smallest absolute Gasteiger partial charge is 0.258 e. The van der Waals surface area contributed by atoms with Crippen molar-refractivity contribution in [2.75, 3.05) is 0 Å². The van der Waals surface area contributed by atoms with Crippen molar-refractivity contribution in [3.63, 3.8) is 0 Å². The number of halogens is 1. The van der Waals surface area contributed by atoms with Gasteiger partial charge in [0.15, 0.2) is 6.61 Å². The molecule has 0 saturated heterocycles. The Balaban J connectivity index is 1.67.